The monoisotopic (exact) mass is 416 g/mol. The number of amides is 1. The Morgan fingerprint density at radius 1 is 1.31 bits per heavy atom. The average Bonchev–Trinajstić information content (AvgIpc) is 3.11. The van der Waals surface area contributed by atoms with Gasteiger partial charge in [-0.05, 0) is 31.0 Å². The van der Waals surface area contributed by atoms with Gasteiger partial charge in [-0.2, -0.15) is 4.31 Å². The number of carbonyl (C=O) groups excluding carboxylic acids is 1. The largest absolute Gasteiger partial charge is 0.489 e. The predicted molar refractivity (Wildman–Crippen MR) is 105 cm³/mol. The van der Waals surface area contributed by atoms with E-state index in [1.807, 2.05) is 6.07 Å². The molecule has 29 heavy (non-hydrogen) atoms. The van der Waals surface area contributed by atoms with Gasteiger partial charge in [0.25, 0.3) is 5.91 Å². The third kappa shape index (κ3) is 4.22. The molecule has 2 aromatic heterocycles. The summed E-state index contributed by atoms with van der Waals surface area (Å²) in [5, 5.41) is 4.62. The highest BCUT2D eigenvalue weighted by Crippen LogP contribution is 2.24. The molecule has 1 aromatic carbocycles. The number of hydrogen-bond acceptors (Lipinski definition) is 7. The molecule has 0 aliphatic carbocycles. The van der Waals surface area contributed by atoms with Gasteiger partial charge in [-0.15, -0.1) is 0 Å². The van der Waals surface area contributed by atoms with E-state index in [2.05, 4.69) is 10.1 Å². The average molecular weight is 416 g/mol. The van der Waals surface area contributed by atoms with Crippen LogP contribution in [0, 0.1) is 0 Å². The highest BCUT2D eigenvalue weighted by Gasteiger charge is 2.31. The van der Waals surface area contributed by atoms with Crippen molar-refractivity contribution in [3.05, 3.63) is 54.0 Å². The molecule has 1 fully saturated rings. The number of nitrogens with zero attached hydrogens (tertiary/aromatic N) is 3. The molecule has 3 heterocycles. The number of hydrogen-bond donors (Lipinski definition) is 1. The number of nitrogens with two attached hydrogens (primary N) is 1. The number of carbonyl (C=O) groups is 1. The molecule has 1 aliphatic rings. The van der Waals surface area contributed by atoms with Gasteiger partial charge in [-0.1, -0.05) is 17.3 Å². The zero-order chi connectivity index (χ0) is 20.4. The molecule has 0 radical (unpaired) electrons. The molecule has 4 rings (SSSR count). The molecule has 10 heteroatoms. The van der Waals surface area contributed by atoms with E-state index >= 15 is 0 Å². The molecule has 0 spiro atoms. The summed E-state index contributed by atoms with van der Waals surface area (Å²) in [6.07, 6.45) is 2.46. The van der Waals surface area contributed by atoms with Crippen LogP contribution in [0.5, 0.6) is 5.75 Å². The summed E-state index contributed by atoms with van der Waals surface area (Å²) in [4.78, 5) is 15.2. The van der Waals surface area contributed by atoms with Gasteiger partial charge >= 0.3 is 0 Å². The number of ether oxygens (including phenoxy) is 1. The first-order valence-corrected chi connectivity index (χ1v) is 10.8. The molecule has 3 aromatic rings. The standard InChI is InChI=1S/C19H20N4O5S/c20-19(24)16-10-13(7-8-21-16)27-14-4-3-9-23(11-14)29(25,26)12-17-15-5-1-2-6-18(15)28-22-17/h1-2,5-8,10,14H,3-4,9,11-12H2,(H2,20,24). The molecule has 2 N–H and O–H groups in total. The lowest BCUT2D eigenvalue weighted by molar-refractivity contribution is 0.0993. The maximum atomic E-state index is 13.0. The highest BCUT2D eigenvalue weighted by molar-refractivity contribution is 7.88. The van der Waals surface area contributed by atoms with Crippen molar-refractivity contribution in [2.24, 2.45) is 5.73 Å². The number of para-hydroxylation sites is 1. The number of rotatable bonds is 6. The molecule has 0 bridgehead atoms. The Morgan fingerprint density at radius 3 is 2.97 bits per heavy atom. The Bertz CT molecular complexity index is 1140. The summed E-state index contributed by atoms with van der Waals surface area (Å²) in [6.45, 7) is 0.632. The summed E-state index contributed by atoms with van der Waals surface area (Å²) in [5.41, 5.74) is 6.29. The van der Waals surface area contributed by atoms with E-state index in [4.69, 9.17) is 15.0 Å². The van der Waals surface area contributed by atoms with Crippen LogP contribution in [0.4, 0.5) is 0 Å². The van der Waals surface area contributed by atoms with Crippen molar-refractivity contribution in [3.63, 3.8) is 0 Å². The number of pyridine rings is 1. The maximum absolute atomic E-state index is 13.0. The second-order valence-corrected chi connectivity index (χ2v) is 8.83. The van der Waals surface area contributed by atoms with Crippen molar-refractivity contribution in [3.8, 4) is 5.75 Å². The second kappa shape index (κ2) is 7.80. The van der Waals surface area contributed by atoms with E-state index in [9.17, 15) is 13.2 Å². The van der Waals surface area contributed by atoms with Gasteiger partial charge in [0, 0.05) is 24.2 Å². The van der Waals surface area contributed by atoms with Crippen molar-refractivity contribution < 1.29 is 22.5 Å². The number of benzene rings is 1. The smallest absolute Gasteiger partial charge is 0.267 e. The van der Waals surface area contributed by atoms with Crippen LogP contribution in [0.25, 0.3) is 11.0 Å². The zero-order valence-corrected chi connectivity index (χ0v) is 16.3. The molecule has 9 nitrogen and oxygen atoms in total. The first kappa shape index (κ1) is 19.3. The molecular formula is C19H20N4O5S. The predicted octanol–water partition coefficient (Wildman–Crippen LogP) is 1.69. The van der Waals surface area contributed by atoms with Gasteiger partial charge in [0.15, 0.2) is 5.58 Å². The van der Waals surface area contributed by atoms with Gasteiger partial charge in [0.1, 0.15) is 29.0 Å². The first-order chi connectivity index (χ1) is 13.9. The SMILES string of the molecule is NC(=O)c1cc(OC2CCCN(S(=O)(=O)Cc3noc4ccccc34)C2)ccn1. The van der Waals surface area contributed by atoms with Crippen LogP contribution in [0.15, 0.2) is 47.1 Å². The molecule has 1 atom stereocenters. The number of aromatic nitrogens is 2. The fraction of sp³-hybridized carbons (Fsp3) is 0.316. The number of fused-ring (bicyclic) bond motifs is 1. The maximum Gasteiger partial charge on any atom is 0.267 e. The quantitative estimate of drug-likeness (QED) is 0.647. The number of sulfonamides is 1. The molecule has 152 valence electrons. The van der Waals surface area contributed by atoms with Crippen molar-refractivity contribution in [2.75, 3.05) is 13.1 Å². The summed E-state index contributed by atoms with van der Waals surface area (Å²) in [6, 6.07) is 10.2. The number of piperidine rings is 1. The Labute approximate surface area is 167 Å². The van der Waals surface area contributed by atoms with E-state index in [0.717, 1.165) is 0 Å². The van der Waals surface area contributed by atoms with Gasteiger partial charge < -0.3 is 15.0 Å². The molecule has 1 saturated heterocycles. The van der Waals surface area contributed by atoms with Gasteiger partial charge in [-0.25, -0.2) is 8.42 Å². The summed E-state index contributed by atoms with van der Waals surface area (Å²) >= 11 is 0. The molecular weight excluding hydrogens is 396 g/mol. The first-order valence-electron chi connectivity index (χ1n) is 9.16. The minimum absolute atomic E-state index is 0.0979. The van der Waals surface area contributed by atoms with Crippen LogP contribution < -0.4 is 10.5 Å². The summed E-state index contributed by atoms with van der Waals surface area (Å²) in [7, 11) is -3.60. The van der Waals surface area contributed by atoms with Crippen molar-refractivity contribution in [2.45, 2.75) is 24.7 Å². The molecule has 0 saturated carbocycles. The van der Waals surface area contributed by atoms with Gasteiger partial charge in [-0.3, -0.25) is 9.78 Å². The van der Waals surface area contributed by atoms with E-state index in [1.165, 1.54) is 16.6 Å². The lowest BCUT2D eigenvalue weighted by Gasteiger charge is -2.32. The zero-order valence-electron chi connectivity index (χ0n) is 15.5. The van der Waals surface area contributed by atoms with Crippen molar-refractivity contribution in [1.82, 2.24) is 14.4 Å². The van der Waals surface area contributed by atoms with Crippen LogP contribution in [0.3, 0.4) is 0 Å². The van der Waals surface area contributed by atoms with E-state index in [-0.39, 0.29) is 24.1 Å². The van der Waals surface area contributed by atoms with Crippen LogP contribution in [0.1, 0.15) is 29.0 Å². The fourth-order valence-electron chi connectivity index (χ4n) is 3.37. The topological polar surface area (TPSA) is 129 Å². The highest BCUT2D eigenvalue weighted by atomic mass is 32.2. The van der Waals surface area contributed by atoms with Crippen LogP contribution in [-0.4, -0.2) is 48.0 Å². The van der Waals surface area contributed by atoms with E-state index < -0.39 is 15.9 Å². The summed E-state index contributed by atoms with van der Waals surface area (Å²) < 4.78 is 38.4. The normalized spacial score (nSPS) is 18.0. The van der Waals surface area contributed by atoms with Gasteiger partial charge in [0.05, 0.1) is 6.54 Å². The van der Waals surface area contributed by atoms with Crippen molar-refractivity contribution in [1.29, 1.82) is 0 Å². The summed E-state index contributed by atoms with van der Waals surface area (Å²) in [5.74, 6) is -0.457. The third-order valence-corrected chi connectivity index (χ3v) is 6.55. The Hall–Kier alpha value is -2.98. The van der Waals surface area contributed by atoms with Crippen LogP contribution in [-0.2, 0) is 15.8 Å². The molecule has 1 aliphatic heterocycles. The lowest BCUT2D eigenvalue weighted by atomic mass is 10.1. The molecule has 1 amide bonds. The Balaban J connectivity index is 1.47. The minimum Gasteiger partial charge on any atom is -0.489 e. The van der Waals surface area contributed by atoms with Crippen LogP contribution >= 0.6 is 0 Å². The molecule has 1 unspecified atom stereocenters. The Morgan fingerprint density at radius 2 is 2.14 bits per heavy atom. The number of primary amides is 1. The third-order valence-electron chi connectivity index (χ3n) is 4.79. The van der Waals surface area contributed by atoms with Gasteiger partial charge in [0.2, 0.25) is 10.0 Å². The second-order valence-electron chi connectivity index (χ2n) is 6.86. The fourth-order valence-corrected chi connectivity index (χ4v) is 4.91. The van der Waals surface area contributed by atoms with Crippen molar-refractivity contribution >= 4 is 26.9 Å². The van der Waals surface area contributed by atoms with E-state index in [0.29, 0.717) is 41.8 Å². The Kier molecular flexibility index (Phi) is 5.20. The van der Waals surface area contributed by atoms with Crippen LogP contribution in [0.2, 0.25) is 0 Å². The lowest BCUT2D eigenvalue weighted by Crippen LogP contribution is -2.44. The minimum atomic E-state index is -3.60. The van der Waals surface area contributed by atoms with E-state index in [1.54, 1.807) is 24.3 Å².